The number of hydrogen-bond acceptors (Lipinski definition) is 4. The van der Waals surface area contributed by atoms with Crippen LogP contribution in [0.15, 0.2) is 47.8 Å². The van der Waals surface area contributed by atoms with Crippen molar-refractivity contribution in [2.75, 3.05) is 33.2 Å². The minimum Gasteiger partial charge on any atom is -0.354 e. The maximum absolute atomic E-state index is 12.4. The van der Waals surface area contributed by atoms with E-state index in [1.54, 1.807) is 23.3 Å². The van der Waals surface area contributed by atoms with Crippen LogP contribution in [0.25, 0.3) is 0 Å². The number of carbonyl (C=O) groups is 2. The van der Waals surface area contributed by atoms with E-state index in [4.69, 9.17) is 0 Å². The summed E-state index contributed by atoms with van der Waals surface area (Å²) in [4.78, 5) is 30.1. The molecule has 2 heterocycles. The van der Waals surface area contributed by atoms with Crippen molar-refractivity contribution in [3.05, 3.63) is 58.3 Å². The van der Waals surface area contributed by atoms with E-state index in [1.165, 1.54) is 17.7 Å². The number of urea groups is 1. The first kappa shape index (κ1) is 23.3. The lowest BCUT2D eigenvalue weighted by Crippen LogP contribution is -2.42. The number of benzene rings is 1. The maximum Gasteiger partial charge on any atom is 0.317 e. The number of carbonyl (C=O) groups excluding carboxylic acids is 2. The fourth-order valence-electron chi connectivity index (χ4n) is 3.88. The smallest absolute Gasteiger partial charge is 0.317 e. The van der Waals surface area contributed by atoms with E-state index in [1.807, 2.05) is 30.3 Å². The number of thiophene rings is 1. The highest BCUT2D eigenvalue weighted by Gasteiger charge is 2.25. The van der Waals surface area contributed by atoms with Gasteiger partial charge in [0.1, 0.15) is 0 Å². The van der Waals surface area contributed by atoms with Crippen molar-refractivity contribution in [3.63, 3.8) is 0 Å². The van der Waals surface area contributed by atoms with Crippen molar-refractivity contribution < 1.29 is 9.59 Å². The van der Waals surface area contributed by atoms with Gasteiger partial charge in [-0.05, 0) is 48.9 Å². The molecule has 168 valence electrons. The SMILES string of the molecule is CC1CCN(C(CNC(=O)CCNC(=O)N(C)Cc2ccccc2)c2cccs2)CC1. The molecule has 1 aliphatic heterocycles. The largest absolute Gasteiger partial charge is 0.354 e. The molecule has 1 aromatic carbocycles. The molecule has 1 aromatic heterocycles. The minimum absolute atomic E-state index is 0.0297. The lowest BCUT2D eigenvalue weighted by molar-refractivity contribution is -0.121. The Hall–Kier alpha value is -2.38. The van der Waals surface area contributed by atoms with Crippen LogP contribution in [0, 0.1) is 5.92 Å². The van der Waals surface area contributed by atoms with Gasteiger partial charge in [0.25, 0.3) is 0 Å². The highest BCUT2D eigenvalue weighted by molar-refractivity contribution is 7.10. The van der Waals surface area contributed by atoms with Gasteiger partial charge in [0.05, 0.1) is 6.04 Å². The summed E-state index contributed by atoms with van der Waals surface area (Å²) in [6, 6.07) is 14.1. The third kappa shape index (κ3) is 7.36. The van der Waals surface area contributed by atoms with Crippen molar-refractivity contribution >= 4 is 23.3 Å². The van der Waals surface area contributed by atoms with Gasteiger partial charge >= 0.3 is 6.03 Å². The molecule has 1 unspecified atom stereocenters. The number of hydrogen-bond donors (Lipinski definition) is 2. The van der Waals surface area contributed by atoms with Gasteiger partial charge in [-0.3, -0.25) is 9.69 Å². The molecule has 0 bridgehead atoms. The molecule has 1 saturated heterocycles. The fourth-order valence-corrected chi connectivity index (χ4v) is 4.74. The Bertz CT molecular complexity index is 804. The second kappa shape index (κ2) is 11.9. The molecule has 3 amide bonds. The molecular formula is C24H34N4O2S. The molecule has 1 aliphatic rings. The van der Waals surface area contributed by atoms with E-state index < -0.39 is 0 Å². The van der Waals surface area contributed by atoms with Crippen molar-refractivity contribution in [3.8, 4) is 0 Å². The standard InChI is InChI=1S/C24H34N4O2S/c1-19-11-14-28(15-12-19)21(22-9-6-16-31-22)17-26-23(29)10-13-25-24(30)27(2)18-20-7-4-3-5-8-20/h3-9,16,19,21H,10-15,17-18H2,1-2H3,(H,25,30)(H,26,29). The summed E-state index contributed by atoms with van der Waals surface area (Å²) in [5.74, 6) is 0.747. The molecule has 1 atom stereocenters. The summed E-state index contributed by atoms with van der Waals surface area (Å²) in [6.45, 7) is 5.93. The Kier molecular flexibility index (Phi) is 8.91. The molecule has 1 fully saturated rings. The summed E-state index contributed by atoms with van der Waals surface area (Å²) in [5, 5.41) is 8.01. The average molecular weight is 443 g/mol. The normalized spacial score (nSPS) is 15.9. The van der Waals surface area contributed by atoms with Gasteiger partial charge in [-0.2, -0.15) is 0 Å². The van der Waals surface area contributed by atoms with Gasteiger partial charge in [-0.15, -0.1) is 11.3 Å². The monoisotopic (exact) mass is 442 g/mol. The van der Waals surface area contributed by atoms with Gasteiger partial charge < -0.3 is 15.5 Å². The molecule has 0 spiro atoms. The maximum atomic E-state index is 12.4. The van der Waals surface area contributed by atoms with E-state index in [9.17, 15) is 9.59 Å². The predicted octanol–water partition coefficient (Wildman–Crippen LogP) is 3.87. The van der Waals surface area contributed by atoms with Gasteiger partial charge in [-0.25, -0.2) is 4.79 Å². The van der Waals surface area contributed by atoms with Crippen LogP contribution < -0.4 is 10.6 Å². The molecule has 0 aliphatic carbocycles. The van der Waals surface area contributed by atoms with E-state index >= 15 is 0 Å². The highest BCUT2D eigenvalue weighted by Crippen LogP contribution is 2.29. The lowest BCUT2D eigenvalue weighted by Gasteiger charge is -2.36. The number of likely N-dealkylation sites (tertiary alicyclic amines) is 1. The molecule has 3 rings (SSSR count). The van der Waals surface area contributed by atoms with Gasteiger partial charge in [-0.1, -0.05) is 43.3 Å². The highest BCUT2D eigenvalue weighted by atomic mass is 32.1. The zero-order valence-corrected chi connectivity index (χ0v) is 19.4. The molecule has 31 heavy (non-hydrogen) atoms. The molecule has 0 saturated carbocycles. The molecule has 0 radical (unpaired) electrons. The molecule has 7 heteroatoms. The number of rotatable bonds is 9. The van der Waals surface area contributed by atoms with E-state index in [2.05, 4.69) is 40.0 Å². The molecule has 6 nitrogen and oxygen atoms in total. The van der Waals surface area contributed by atoms with E-state index in [0.29, 0.717) is 19.6 Å². The van der Waals surface area contributed by atoms with Crippen LogP contribution in [-0.4, -0.2) is 55.0 Å². The number of nitrogens with zero attached hydrogens (tertiary/aromatic N) is 2. The number of amides is 3. The topological polar surface area (TPSA) is 64.7 Å². The van der Waals surface area contributed by atoms with Gasteiger partial charge in [0.15, 0.2) is 0 Å². The quantitative estimate of drug-likeness (QED) is 0.620. The third-order valence-electron chi connectivity index (χ3n) is 5.86. The minimum atomic E-state index is -0.171. The zero-order chi connectivity index (χ0) is 22.1. The summed E-state index contributed by atoms with van der Waals surface area (Å²) in [6.07, 6.45) is 2.69. The first-order valence-electron chi connectivity index (χ1n) is 11.1. The van der Waals surface area contributed by atoms with Crippen LogP contribution in [0.3, 0.4) is 0 Å². The summed E-state index contributed by atoms with van der Waals surface area (Å²) < 4.78 is 0. The Morgan fingerprint density at radius 2 is 1.87 bits per heavy atom. The van der Waals surface area contributed by atoms with Gasteiger partial charge in [0.2, 0.25) is 5.91 Å². The van der Waals surface area contributed by atoms with Crippen molar-refractivity contribution in [2.45, 2.75) is 38.8 Å². The summed E-state index contributed by atoms with van der Waals surface area (Å²) in [5.41, 5.74) is 1.07. The predicted molar refractivity (Wildman–Crippen MR) is 126 cm³/mol. The van der Waals surface area contributed by atoms with E-state index in [-0.39, 0.29) is 24.4 Å². The Balaban J connectivity index is 1.40. The Morgan fingerprint density at radius 1 is 1.13 bits per heavy atom. The van der Waals surface area contributed by atoms with Crippen LogP contribution in [0.1, 0.15) is 42.7 Å². The van der Waals surface area contributed by atoms with Crippen LogP contribution in [0.2, 0.25) is 0 Å². The summed E-state index contributed by atoms with van der Waals surface area (Å²) >= 11 is 1.75. The average Bonchev–Trinajstić information content (AvgIpc) is 3.30. The molecule has 2 aromatic rings. The third-order valence-corrected chi connectivity index (χ3v) is 6.83. The first-order chi connectivity index (χ1) is 15.0. The van der Waals surface area contributed by atoms with Crippen molar-refractivity contribution in [1.29, 1.82) is 0 Å². The van der Waals surface area contributed by atoms with Crippen LogP contribution in [0.4, 0.5) is 4.79 Å². The first-order valence-corrected chi connectivity index (χ1v) is 12.0. The number of piperidine rings is 1. The Labute approximate surface area is 189 Å². The van der Waals surface area contributed by atoms with Crippen LogP contribution in [0.5, 0.6) is 0 Å². The van der Waals surface area contributed by atoms with Crippen molar-refractivity contribution in [1.82, 2.24) is 20.4 Å². The summed E-state index contributed by atoms with van der Waals surface area (Å²) in [7, 11) is 1.76. The second-order valence-electron chi connectivity index (χ2n) is 8.38. The van der Waals surface area contributed by atoms with Crippen LogP contribution in [-0.2, 0) is 11.3 Å². The Morgan fingerprint density at radius 3 is 2.55 bits per heavy atom. The van der Waals surface area contributed by atoms with Crippen molar-refractivity contribution in [2.24, 2.45) is 5.92 Å². The lowest BCUT2D eigenvalue weighted by atomic mass is 9.97. The fraction of sp³-hybridized carbons (Fsp3) is 0.500. The molecule has 2 N–H and O–H groups in total. The van der Waals surface area contributed by atoms with Crippen LogP contribution >= 0.6 is 11.3 Å². The second-order valence-corrected chi connectivity index (χ2v) is 9.36. The number of nitrogens with one attached hydrogen (secondary N) is 2. The zero-order valence-electron chi connectivity index (χ0n) is 18.5. The molecular weight excluding hydrogens is 408 g/mol. The van der Waals surface area contributed by atoms with Gasteiger partial charge in [0, 0.05) is 38.0 Å². The van der Waals surface area contributed by atoms with E-state index in [0.717, 1.165) is 24.6 Å².